The number of para-hydroxylation sites is 2. The summed E-state index contributed by atoms with van der Waals surface area (Å²) in [7, 11) is 0. The summed E-state index contributed by atoms with van der Waals surface area (Å²) in [6.07, 6.45) is 3.25. The standard InChI is InChI=1S/C20H15N7O/c28-20(16-10-4-6-12-22-16)17(15-9-3-5-11-21-15)25-19(27-20)26-18-23-13-7-1-2-8-14(13)24-18/h1-12,28H,(H2,23,24,26,27). The normalized spacial score (nSPS) is 20.3. The lowest BCUT2D eigenvalue weighted by molar-refractivity contribution is 0.0959. The fourth-order valence-electron chi connectivity index (χ4n) is 3.09. The minimum Gasteiger partial charge on any atom is -0.361 e. The van der Waals surface area contributed by atoms with Gasteiger partial charge in [0, 0.05) is 12.4 Å². The van der Waals surface area contributed by atoms with Gasteiger partial charge in [-0.3, -0.25) is 9.97 Å². The summed E-state index contributed by atoms with van der Waals surface area (Å²) in [4.78, 5) is 25.1. The number of aromatic nitrogens is 4. The monoisotopic (exact) mass is 369 g/mol. The van der Waals surface area contributed by atoms with Gasteiger partial charge in [0.1, 0.15) is 5.71 Å². The lowest BCUT2D eigenvalue weighted by atomic mass is 10.0. The second kappa shape index (κ2) is 6.36. The molecule has 0 aliphatic carbocycles. The summed E-state index contributed by atoms with van der Waals surface area (Å²) in [6.45, 7) is 0. The molecule has 28 heavy (non-hydrogen) atoms. The largest absolute Gasteiger partial charge is 0.361 e. The summed E-state index contributed by atoms with van der Waals surface area (Å²) in [5.74, 6) is 0.603. The zero-order chi connectivity index (χ0) is 19.0. The lowest BCUT2D eigenvalue weighted by Gasteiger charge is -2.23. The number of nitrogens with one attached hydrogen (secondary N) is 2. The second-order valence-corrected chi connectivity index (χ2v) is 6.24. The fraction of sp³-hybridized carbons (Fsp3) is 0.0500. The molecule has 5 rings (SSSR count). The molecule has 1 aliphatic rings. The Labute approximate surface area is 159 Å². The molecule has 0 amide bonds. The Balaban J connectivity index is 1.61. The number of hydrogen-bond acceptors (Lipinski definition) is 5. The van der Waals surface area contributed by atoms with Crippen molar-refractivity contribution in [3.8, 4) is 0 Å². The molecular formula is C20H15N7O. The van der Waals surface area contributed by atoms with Crippen LogP contribution in [0.15, 0.2) is 83.0 Å². The lowest BCUT2D eigenvalue weighted by Crippen LogP contribution is -2.47. The quantitative estimate of drug-likeness (QED) is 0.513. The summed E-state index contributed by atoms with van der Waals surface area (Å²) >= 11 is 0. The third-order valence-electron chi connectivity index (χ3n) is 4.38. The van der Waals surface area contributed by atoms with Crippen LogP contribution in [-0.4, -0.2) is 36.7 Å². The molecule has 0 radical (unpaired) electrons. The Bertz CT molecular complexity index is 1170. The zero-order valence-electron chi connectivity index (χ0n) is 14.6. The van der Waals surface area contributed by atoms with Crippen LogP contribution in [0.1, 0.15) is 11.4 Å². The maximum Gasteiger partial charge on any atom is 0.231 e. The SMILES string of the molecule is OC1(c2ccccn2)N/C(=N/c2nc3ccccc3[nH]2)N=C1c1ccccn1. The summed E-state index contributed by atoms with van der Waals surface area (Å²) in [5.41, 5.74) is 1.26. The smallest absolute Gasteiger partial charge is 0.231 e. The van der Waals surface area contributed by atoms with Crippen LogP contribution in [0, 0.1) is 0 Å². The van der Waals surface area contributed by atoms with Crippen molar-refractivity contribution in [2.75, 3.05) is 0 Å². The van der Waals surface area contributed by atoms with E-state index in [1.54, 1.807) is 42.7 Å². The summed E-state index contributed by atoms with van der Waals surface area (Å²) < 4.78 is 0. The molecule has 0 saturated heterocycles. The molecule has 0 spiro atoms. The number of benzene rings is 1. The van der Waals surface area contributed by atoms with Gasteiger partial charge in [-0.05, 0) is 36.4 Å². The van der Waals surface area contributed by atoms with Crippen LogP contribution in [0.3, 0.4) is 0 Å². The molecule has 0 fully saturated rings. The van der Waals surface area contributed by atoms with Crippen LogP contribution in [0.5, 0.6) is 0 Å². The van der Waals surface area contributed by atoms with Crippen LogP contribution < -0.4 is 5.32 Å². The molecule has 4 aromatic rings. The maximum absolute atomic E-state index is 11.4. The van der Waals surface area contributed by atoms with Gasteiger partial charge in [0.25, 0.3) is 0 Å². The van der Waals surface area contributed by atoms with Crippen molar-refractivity contribution in [2.24, 2.45) is 9.98 Å². The number of hydrogen-bond donors (Lipinski definition) is 3. The molecular weight excluding hydrogens is 354 g/mol. The Kier molecular flexibility index (Phi) is 3.70. The van der Waals surface area contributed by atoms with E-state index in [9.17, 15) is 5.11 Å². The number of pyridine rings is 2. The van der Waals surface area contributed by atoms with E-state index in [4.69, 9.17) is 0 Å². The molecule has 1 atom stereocenters. The van der Waals surface area contributed by atoms with Gasteiger partial charge in [-0.1, -0.05) is 24.3 Å². The highest BCUT2D eigenvalue weighted by molar-refractivity contribution is 6.16. The number of imidazole rings is 1. The van der Waals surface area contributed by atoms with Gasteiger partial charge in [-0.2, -0.15) is 4.99 Å². The Morgan fingerprint density at radius 1 is 0.893 bits per heavy atom. The molecule has 3 aromatic heterocycles. The van der Waals surface area contributed by atoms with E-state index in [1.165, 1.54) is 0 Å². The number of aliphatic hydroxyl groups is 1. The molecule has 8 nitrogen and oxygen atoms in total. The van der Waals surface area contributed by atoms with E-state index in [2.05, 4.69) is 35.2 Å². The average molecular weight is 369 g/mol. The molecule has 1 aliphatic heterocycles. The third-order valence-corrected chi connectivity index (χ3v) is 4.38. The highest BCUT2D eigenvalue weighted by atomic mass is 16.3. The first kappa shape index (κ1) is 16.3. The first-order valence-corrected chi connectivity index (χ1v) is 8.68. The van der Waals surface area contributed by atoms with Crippen LogP contribution in [-0.2, 0) is 5.72 Å². The Morgan fingerprint density at radius 3 is 2.43 bits per heavy atom. The van der Waals surface area contributed by atoms with Crippen molar-refractivity contribution < 1.29 is 5.11 Å². The number of fused-ring (bicyclic) bond motifs is 1. The van der Waals surface area contributed by atoms with Gasteiger partial charge in [-0.15, -0.1) is 0 Å². The predicted octanol–water partition coefficient (Wildman–Crippen LogP) is 2.28. The van der Waals surface area contributed by atoms with Crippen LogP contribution in [0.2, 0.25) is 0 Å². The van der Waals surface area contributed by atoms with Crippen molar-refractivity contribution in [3.63, 3.8) is 0 Å². The molecule has 136 valence electrons. The zero-order valence-corrected chi connectivity index (χ0v) is 14.6. The number of aromatic amines is 1. The van der Waals surface area contributed by atoms with Crippen molar-refractivity contribution in [1.82, 2.24) is 25.3 Å². The second-order valence-electron chi connectivity index (χ2n) is 6.24. The molecule has 0 saturated carbocycles. The van der Waals surface area contributed by atoms with E-state index < -0.39 is 5.72 Å². The number of guanidine groups is 1. The van der Waals surface area contributed by atoms with E-state index in [-0.39, 0.29) is 5.96 Å². The van der Waals surface area contributed by atoms with Gasteiger partial charge in [0.05, 0.1) is 22.4 Å². The number of aliphatic imine (C=N–C) groups is 2. The minimum absolute atomic E-state index is 0.216. The van der Waals surface area contributed by atoms with Gasteiger partial charge in [-0.25, -0.2) is 9.98 Å². The van der Waals surface area contributed by atoms with E-state index in [0.29, 0.717) is 23.0 Å². The van der Waals surface area contributed by atoms with Crippen molar-refractivity contribution >= 4 is 28.7 Å². The molecule has 3 N–H and O–H groups in total. The van der Waals surface area contributed by atoms with Gasteiger partial charge in [0.15, 0.2) is 0 Å². The fourth-order valence-corrected chi connectivity index (χ4v) is 3.09. The highest BCUT2D eigenvalue weighted by Crippen LogP contribution is 2.27. The molecule has 1 unspecified atom stereocenters. The Hall–Kier alpha value is -3.91. The van der Waals surface area contributed by atoms with Crippen molar-refractivity contribution in [2.45, 2.75) is 5.72 Å². The summed E-state index contributed by atoms with van der Waals surface area (Å²) in [5, 5.41) is 14.4. The molecule has 0 bridgehead atoms. The highest BCUT2D eigenvalue weighted by Gasteiger charge is 2.44. The molecule has 1 aromatic carbocycles. The Morgan fingerprint density at radius 2 is 1.68 bits per heavy atom. The summed E-state index contributed by atoms with van der Waals surface area (Å²) in [6, 6.07) is 18.3. The third kappa shape index (κ3) is 2.72. The number of H-pyrrole nitrogens is 1. The topological polar surface area (TPSA) is 111 Å². The molecule has 8 heteroatoms. The first-order valence-electron chi connectivity index (χ1n) is 8.68. The van der Waals surface area contributed by atoms with Crippen molar-refractivity contribution in [3.05, 3.63) is 84.4 Å². The van der Waals surface area contributed by atoms with E-state index in [1.807, 2.05) is 30.3 Å². The average Bonchev–Trinajstić information content (AvgIpc) is 3.30. The van der Waals surface area contributed by atoms with Gasteiger partial charge >= 0.3 is 0 Å². The minimum atomic E-state index is -1.65. The maximum atomic E-state index is 11.4. The van der Waals surface area contributed by atoms with Crippen LogP contribution in [0.25, 0.3) is 11.0 Å². The van der Waals surface area contributed by atoms with Gasteiger partial charge < -0.3 is 15.4 Å². The van der Waals surface area contributed by atoms with E-state index in [0.717, 1.165) is 11.0 Å². The predicted molar refractivity (Wildman–Crippen MR) is 105 cm³/mol. The van der Waals surface area contributed by atoms with E-state index >= 15 is 0 Å². The number of nitrogens with zero attached hydrogens (tertiary/aromatic N) is 5. The van der Waals surface area contributed by atoms with Crippen LogP contribution in [0.4, 0.5) is 5.95 Å². The first-order chi connectivity index (χ1) is 13.7. The van der Waals surface area contributed by atoms with Crippen molar-refractivity contribution in [1.29, 1.82) is 0 Å². The van der Waals surface area contributed by atoms with Crippen LogP contribution >= 0.6 is 0 Å². The number of rotatable bonds is 3. The molecule has 4 heterocycles. The van der Waals surface area contributed by atoms with Gasteiger partial charge in [0.2, 0.25) is 17.6 Å².